The number of nitrogens with zero attached hydrogens (tertiary/aromatic N) is 3. The van der Waals surface area contributed by atoms with Gasteiger partial charge in [0, 0.05) is 45.0 Å². The molecule has 160 valence electrons. The summed E-state index contributed by atoms with van der Waals surface area (Å²) in [6, 6.07) is 10.5. The molecule has 30 heavy (non-hydrogen) atoms. The Labute approximate surface area is 176 Å². The number of hydrogen-bond acceptors (Lipinski definition) is 6. The van der Waals surface area contributed by atoms with Crippen molar-refractivity contribution in [2.24, 2.45) is 0 Å². The van der Waals surface area contributed by atoms with Crippen LogP contribution in [0.5, 0.6) is 0 Å². The molecule has 1 fully saturated rings. The molecule has 1 aromatic carbocycles. The maximum Gasteiger partial charge on any atom is 0.338 e. The first-order valence-corrected chi connectivity index (χ1v) is 10.2. The zero-order chi connectivity index (χ0) is 21.5. The highest BCUT2D eigenvalue weighted by Gasteiger charge is 2.26. The summed E-state index contributed by atoms with van der Waals surface area (Å²) in [5.74, 6) is -0.698. The molecule has 0 bridgehead atoms. The predicted octanol–water partition coefficient (Wildman–Crippen LogP) is 2.27. The molecule has 0 aliphatic carbocycles. The molecule has 1 aromatic heterocycles. The van der Waals surface area contributed by atoms with E-state index in [9.17, 15) is 14.4 Å². The summed E-state index contributed by atoms with van der Waals surface area (Å²) in [5, 5.41) is 0. The van der Waals surface area contributed by atoms with E-state index in [1.165, 1.54) is 6.26 Å². The predicted molar refractivity (Wildman–Crippen MR) is 111 cm³/mol. The first-order valence-electron chi connectivity index (χ1n) is 10.2. The fourth-order valence-electron chi connectivity index (χ4n) is 3.41. The van der Waals surface area contributed by atoms with Gasteiger partial charge in [-0.1, -0.05) is 0 Å². The number of esters is 1. The molecular formula is C22H27N3O5. The molecule has 1 aliphatic heterocycles. The number of benzene rings is 1. The van der Waals surface area contributed by atoms with Gasteiger partial charge in [-0.05, 0) is 50.2 Å². The molecule has 0 N–H and O–H groups in total. The van der Waals surface area contributed by atoms with Gasteiger partial charge in [-0.3, -0.25) is 9.59 Å². The molecule has 8 heteroatoms. The Morgan fingerprint density at radius 2 is 1.60 bits per heavy atom. The van der Waals surface area contributed by atoms with Crippen molar-refractivity contribution in [2.45, 2.75) is 13.8 Å². The maximum atomic E-state index is 12.4. The van der Waals surface area contributed by atoms with Crippen LogP contribution in [0.25, 0.3) is 0 Å². The van der Waals surface area contributed by atoms with Gasteiger partial charge in [0.25, 0.3) is 11.8 Å². The lowest BCUT2D eigenvalue weighted by molar-refractivity contribution is -0.136. The average molecular weight is 413 g/mol. The van der Waals surface area contributed by atoms with E-state index in [1.54, 1.807) is 34.1 Å². The van der Waals surface area contributed by atoms with Crippen molar-refractivity contribution in [2.75, 3.05) is 50.8 Å². The van der Waals surface area contributed by atoms with Crippen molar-refractivity contribution in [3.63, 3.8) is 0 Å². The lowest BCUT2D eigenvalue weighted by atomic mass is 10.2. The second-order valence-electron chi connectivity index (χ2n) is 6.95. The highest BCUT2D eigenvalue weighted by atomic mass is 16.5. The molecule has 0 radical (unpaired) electrons. The standard InChI is InChI=1S/C22H27N3O5/c1-3-23(4-2)18-9-7-17(8-10-18)22(28)30-16-20(26)24-11-13-25(14-12-24)21(27)19-6-5-15-29-19/h5-10,15H,3-4,11-14,16H2,1-2H3. The summed E-state index contributed by atoms with van der Waals surface area (Å²) in [5.41, 5.74) is 1.45. The van der Waals surface area contributed by atoms with E-state index >= 15 is 0 Å². The Bertz CT molecular complexity index is 851. The fourth-order valence-corrected chi connectivity index (χ4v) is 3.41. The third-order valence-electron chi connectivity index (χ3n) is 5.21. The van der Waals surface area contributed by atoms with Crippen LogP contribution in [0, 0.1) is 0 Å². The molecule has 0 spiro atoms. The molecule has 8 nitrogen and oxygen atoms in total. The van der Waals surface area contributed by atoms with Gasteiger partial charge in [0.2, 0.25) is 0 Å². The number of hydrogen-bond donors (Lipinski definition) is 0. The normalized spacial score (nSPS) is 13.8. The van der Waals surface area contributed by atoms with Gasteiger partial charge >= 0.3 is 5.97 Å². The zero-order valence-electron chi connectivity index (χ0n) is 17.4. The molecule has 3 rings (SSSR count). The first-order chi connectivity index (χ1) is 14.5. The van der Waals surface area contributed by atoms with Crippen LogP contribution in [-0.2, 0) is 9.53 Å². The fraction of sp³-hybridized carbons (Fsp3) is 0.409. The minimum atomic E-state index is -0.527. The molecule has 2 heterocycles. The van der Waals surface area contributed by atoms with Crippen molar-refractivity contribution in [1.29, 1.82) is 0 Å². The van der Waals surface area contributed by atoms with Gasteiger partial charge in [-0.15, -0.1) is 0 Å². The minimum Gasteiger partial charge on any atom is -0.459 e. The van der Waals surface area contributed by atoms with Crippen LogP contribution < -0.4 is 4.90 Å². The Balaban J connectivity index is 1.45. The molecule has 1 aliphatic rings. The Morgan fingerprint density at radius 3 is 2.17 bits per heavy atom. The van der Waals surface area contributed by atoms with Crippen molar-refractivity contribution in [1.82, 2.24) is 9.80 Å². The van der Waals surface area contributed by atoms with Gasteiger partial charge in [-0.2, -0.15) is 0 Å². The number of carbonyl (C=O) groups is 3. The first kappa shape index (κ1) is 21.4. The van der Waals surface area contributed by atoms with Crippen LogP contribution in [0.2, 0.25) is 0 Å². The summed E-state index contributed by atoms with van der Waals surface area (Å²) in [6.07, 6.45) is 1.46. The van der Waals surface area contributed by atoms with Crippen LogP contribution in [0.4, 0.5) is 5.69 Å². The molecule has 0 unspecified atom stereocenters. The Hall–Kier alpha value is -3.29. The molecule has 0 atom stereocenters. The van der Waals surface area contributed by atoms with E-state index in [0.717, 1.165) is 18.8 Å². The monoisotopic (exact) mass is 413 g/mol. The smallest absolute Gasteiger partial charge is 0.338 e. The van der Waals surface area contributed by atoms with E-state index in [2.05, 4.69) is 18.7 Å². The van der Waals surface area contributed by atoms with Crippen LogP contribution in [0.3, 0.4) is 0 Å². The number of amides is 2. The summed E-state index contributed by atoms with van der Waals surface area (Å²) in [6.45, 7) is 7.20. The van der Waals surface area contributed by atoms with Crippen LogP contribution in [0.1, 0.15) is 34.8 Å². The molecule has 1 saturated heterocycles. The third-order valence-corrected chi connectivity index (χ3v) is 5.21. The molecule has 2 aromatic rings. The SMILES string of the molecule is CCN(CC)c1ccc(C(=O)OCC(=O)N2CCN(C(=O)c3ccco3)CC2)cc1. The van der Waals surface area contributed by atoms with Gasteiger partial charge < -0.3 is 23.9 Å². The Kier molecular flexibility index (Phi) is 7.11. The summed E-state index contributed by atoms with van der Waals surface area (Å²) in [4.78, 5) is 42.3. The summed E-state index contributed by atoms with van der Waals surface area (Å²) in [7, 11) is 0. The highest BCUT2D eigenvalue weighted by molar-refractivity contribution is 5.92. The van der Waals surface area contributed by atoms with Crippen LogP contribution >= 0.6 is 0 Å². The second kappa shape index (κ2) is 9.96. The maximum absolute atomic E-state index is 12.4. The van der Waals surface area contributed by atoms with Crippen molar-refractivity contribution >= 4 is 23.5 Å². The Morgan fingerprint density at radius 1 is 0.967 bits per heavy atom. The van der Waals surface area contributed by atoms with Gasteiger partial charge in [0.1, 0.15) is 0 Å². The zero-order valence-corrected chi connectivity index (χ0v) is 17.4. The summed E-state index contributed by atoms with van der Waals surface area (Å²) < 4.78 is 10.3. The lowest BCUT2D eigenvalue weighted by Gasteiger charge is -2.34. The lowest BCUT2D eigenvalue weighted by Crippen LogP contribution is -2.51. The number of furan rings is 1. The van der Waals surface area contributed by atoms with E-state index in [0.29, 0.717) is 31.7 Å². The number of ether oxygens (including phenoxy) is 1. The van der Waals surface area contributed by atoms with Crippen molar-refractivity contribution in [3.05, 3.63) is 54.0 Å². The van der Waals surface area contributed by atoms with Crippen LogP contribution in [0.15, 0.2) is 47.1 Å². The van der Waals surface area contributed by atoms with E-state index in [-0.39, 0.29) is 24.2 Å². The average Bonchev–Trinajstić information content (AvgIpc) is 3.33. The number of carbonyl (C=O) groups excluding carboxylic acids is 3. The third kappa shape index (κ3) is 5.00. The van der Waals surface area contributed by atoms with Gasteiger partial charge in [0.15, 0.2) is 12.4 Å². The second-order valence-corrected chi connectivity index (χ2v) is 6.95. The number of anilines is 1. The molecule has 2 amide bonds. The van der Waals surface area contributed by atoms with Crippen LogP contribution in [-0.4, -0.2) is 73.5 Å². The van der Waals surface area contributed by atoms with E-state index in [4.69, 9.17) is 9.15 Å². The topological polar surface area (TPSA) is 83.3 Å². The van der Waals surface area contributed by atoms with Crippen molar-refractivity contribution < 1.29 is 23.5 Å². The van der Waals surface area contributed by atoms with E-state index in [1.807, 2.05) is 12.1 Å². The largest absolute Gasteiger partial charge is 0.459 e. The minimum absolute atomic E-state index is 0.188. The summed E-state index contributed by atoms with van der Waals surface area (Å²) >= 11 is 0. The molecule has 0 saturated carbocycles. The number of piperazine rings is 1. The molecular weight excluding hydrogens is 386 g/mol. The quantitative estimate of drug-likeness (QED) is 0.648. The highest BCUT2D eigenvalue weighted by Crippen LogP contribution is 2.16. The van der Waals surface area contributed by atoms with Gasteiger partial charge in [-0.25, -0.2) is 4.79 Å². The van der Waals surface area contributed by atoms with Crippen molar-refractivity contribution in [3.8, 4) is 0 Å². The van der Waals surface area contributed by atoms with Gasteiger partial charge in [0.05, 0.1) is 11.8 Å². The number of rotatable bonds is 7. The van der Waals surface area contributed by atoms with E-state index < -0.39 is 5.97 Å².